The fraction of sp³-hybridized carbons (Fsp3) is 0.500. The van der Waals surface area contributed by atoms with Crippen LogP contribution in [0.15, 0.2) is 30.3 Å². The number of nitrogens with zero attached hydrogens (tertiary/aromatic N) is 1. The maximum absolute atomic E-state index is 5.82. The highest BCUT2D eigenvalue weighted by molar-refractivity contribution is 5.83. The first-order chi connectivity index (χ1) is 10.1. The SMILES string of the molecule is CC(C)C1CCCCC1Nc1ccc2cc(N)ccc2n1. The van der Waals surface area contributed by atoms with E-state index < -0.39 is 0 Å². The molecule has 0 spiro atoms. The van der Waals surface area contributed by atoms with Crippen LogP contribution in [0.5, 0.6) is 0 Å². The van der Waals surface area contributed by atoms with Crippen LogP contribution in [-0.2, 0) is 0 Å². The molecule has 0 bridgehead atoms. The van der Waals surface area contributed by atoms with E-state index in [0.29, 0.717) is 6.04 Å². The molecular weight excluding hydrogens is 258 g/mol. The zero-order valence-electron chi connectivity index (χ0n) is 13.0. The van der Waals surface area contributed by atoms with Crippen LogP contribution >= 0.6 is 0 Å². The van der Waals surface area contributed by atoms with Crippen molar-refractivity contribution < 1.29 is 0 Å². The number of aromatic nitrogens is 1. The molecule has 1 saturated carbocycles. The summed E-state index contributed by atoms with van der Waals surface area (Å²) >= 11 is 0. The Hall–Kier alpha value is -1.77. The molecule has 2 atom stereocenters. The summed E-state index contributed by atoms with van der Waals surface area (Å²) in [6.45, 7) is 4.67. The lowest BCUT2D eigenvalue weighted by atomic mass is 9.78. The van der Waals surface area contributed by atoms with Gasteiger partial charge in [0.1, 0.15) is 5.82 Å². The monoisotopic (exact) mass is 283 g/mol. The van der Waals surface area contributed by atoms with E-state index in [9.17, 15) is 0 Å². The average molecular weight is 283 g/mol. The predicted octanol–water partition coefficient (Wildman–Crippen LogP) is 4.44. The molecule has 112 valence electrons. The lowest BCUT2D eigenvalue weighted by Crippen LogP contribution is -2.35. The van der Waals surface area contributed by atoms with Gasteiger partial charge in [-0.3, -0.25) is 0 Å². The molecule has 1 aromatic heterocycles. The molecule has 0 aliphatic heterocycles. The summed E-state index contributed by atoms with van der Waals surface area (Å²) in [5.74, 6) is 2.47. The largest absolute Gasteiger partial charge is 0.399 e. The highest BCUT2D eigenvalue weighted by atomic mass is 15.0. The lowest BCUT2D eigenvalue weighted by Gasteiger charge is -2.35. The Morgan fingerprint density at radius 2 is 1.95 bits per heavy atom. The molecule has 2 aromatic rings. The minimum absolute atomic E-state index is 0.553. The van der Waals surface area contributed by atoms with Gasteiger partial charge in [-0.15, -0.1) is 0 Å². The van der Waals surface area contributed by atoms with Crippen LogP contribution in [0.1, 0.15) is 39.5 Å². The zero-order valence-corrected chi connectivity index (χ0v) is 13.0. The first-order valence-corrected chi connectivity index (χ1v) is 8.06. The summed E-state index contributed by atoms with van der Waals surface area (Å²) in [6, 6.07) is 10.6. The molecular formula is C18H25N3. The molecule has 1 aliphatic carbocycles. The Kier molecular flexibility index (Phi) is 4.00. The molecule has 1 heterocycles. The van der Waals surface area contributed by atoms with Gasteiger partial charge in [0.05, 0.1) is 5.52 Å². The van der Waals surface area contributed by atoms with E-state index in [1.165, 1.54) is 25.7 Å². The zero-order chi connectivity index (χ0) is 14.8. The number of fused-ring (bicyclic) bond motifs is 1. The molecule has 3 heteroatoms. The fourth-order valence-corrected chi connectivity index (χ4v) is 3.55. The smallest absolute Gasteiger partial charge is 0.126 e. The molecule has 0 amide bonds. The molecule has 3 rings (SSSR count). The predicted molar refractivity (Wildman–Crippen MR) is 90.4 cm³/mol. The normalized spacial score (nSPS) is 22.6. The Balaban J connectivity index is 1.81. The molecule has 21 heavy (non-hydrogen) atoms. The molecule has 3 nitrogen and oxygen atoms in total. The number of nitrogens with two attached hydrogens (primary N) is 1. The second-order valence-corrected chi connectivity index (χ2v) is 6.59. The molecule has 1 fully saturated rings. The van der Waals surface area contributed by atoms with Crippen molar-refractivity contribution in [2.75, 3.05) is 11.1 Å². The first-order valence-electron chi connectivity index (χ1n) is 8.06. The van der Waals surface area contributed by atoms with E-state index >= 15 is 0 Å². The minimum Gasteiger partial charge on any atom is -0.399 e. The van der Waals surface area contributed by atoms with Crippen LogP contribution in [0.2, 0.25) is 0 Å². The maximum Gasteiger partial charge on any atom is 0.126 e. The second kappa shape index (κ2) is 5.92. The second-order valence-electron chi connectivity index (χ2n) is 6.59. The molecule has 1 aromatic carbocycles. The van der Waals surface area contributed by atoms with E-state index in [-0.39, 0.29) is 0 Å². The van der Waals surface area contributed by atoms with Crippen molar-refractivity contribution in [3.8, 4) is 0 Å². The van der Waals surface area contributed by atoms with E-state index in [0.717, 1.165) is 34.2 Å². The van der Waals surface area contributed by atoms with Crippen LogP contribution in [-0.4, -0.2) is 11.0 Å². The van der Waals surface area contributed by atoms with Crippen molar-refractivity contribution in [3.63, 3.8) is 0 Å². The number of benzene rings is 1. The van der Waals surface area contributed by atoms with E-state index in [2.05, 4.69) is 31.3 Å². The molecule has 1 aliphatic rings. The number of nitrogen functional groups attached to an aromatic ring is 1. The van der Waals surface area contributed by atoms with Gasteiger partial charge in [-0.1, -0.05) is 26.7 Å². The van der Waals surface area contributed by atoms with Gasteiger partial charge in [0, 0.05) is 17.1 Å². The Morgan fingerprint density at radius 1 is 1.14 bits per heavy atom. The Bertz CT molecular complexity index is 621. The first kappa shape index (κ1) is 14.2. The molecule has 2 unspecified atom stereocenters. The number of anilines is 2. The van der Waals surface area contributed by atoms with Crippen LogP contribution in [0.25, 0.3) is 10.9 Å². The third-order valence-electron chi connectivity index (χ3n) is 4.72. The third kappa shape index (κ3) is 3.12. The summed E-state index contributed by atoms with van der Waals surface area (Å²) in [4.78, 5) is 4.74. The number of hydrogen-bond acceptors (Lipinski definition) is 3. The molecule has 0 radical (unpaired) electrons. The van der Waals surface area contributed by atoms with Gasteiger partial charge in [-0.2, -0.15) is 0 Å². The van der Waals surface area contributed by atoms with Gasteiger partial charge in [-0.25, -0.2) is 4.98 Å². The van der Waals surface area contributed by atoms with Gasteiger partial charge in [0.25, 0.3) is 0 Å². The third-order valence-corrected chi connectivity index (χ3v) is 4.72. The van der Waals surface area contributed by atoms with Crippen LogP contribution in [0.4, 0.5) is 11.5 Å². The van der Waals surface area contributed by atoms with Gasteiger partial charge in [0.2, 0.25) is 0 Å². The Morgan fingerprint density at radius 3 is 2.76 bits per heavy atom. The summed E-state index contributed by atoms with van der Waals surface area (Å²) < 4.78 is 0. The molecule has 0 saturated heterocycles. The minimum atomic E-state index is 0.553. The van der Waals surface area contributed by atoms with Crippen LogP contribution in [0.3, 0.4) is 0 Å². The molecule has 3 N–H and O–H groups in total. The van der Waals surface area contributed by atoms with Crippen LogP contribution < -0.4 is 11.1 Å². The maximum atomic E-state index is 5.82. The van der Waals surface area contributed by atoms with Crippen molar-refractivity contribution >= 4 is 22.4 Å². The van der Waals surface area contributed by atoms with Crippen molar-refractivity contribution in [2.45, 2.75) is 45.6 Å². The fourth-order valence-electron chi connectivity index (χ4n) is 3.55. The van der Waals surface area contributed by atoms with Crippen molar-refractivity contribution in [3.05, 3.63) is 30.3 Å². The van der Waals surface area contributed by atoms with Crippen molar-refractivity contribution in [1.82, 2.24) is 4.98 Å². The van der Waals surface area contributed by atoms with Crippen molar-refractivity contribution in [1.29, 1.82) is 0 Å². The van der Waals surface area contributed by atoms with E-state index in [4.69, 9.17) is 10.7 Å². The quantitative estimate of drug-likeness (QED) is 0.819. The summed E-state index contributed by atoms with van der Waals surface area (Å²) in [7, 11) is 0. The van der Waals surface area contributed by atoms with Crippen LogP contribution in [0, 0.1) is 11.8 Å². The highest BCUT2D eigenvalue weighted by Crippen LogP contribution is 2.32. The number of rotatable bonds is 3. The van der Waals surface area contributed by atoms with Crippen molar-refractivity contribution in [2.24, 2.45) is 11.8 Å². The number of nitrogens with one attached hydrogen (secondary N) is 1. The van der Waals surface area contributed by atoms with Gasteiger partial charge >= 0.3 is 0 Å². The van der Waals surface area contributed by atoms with Gasteiger partial charge in [-0.05, 0) is 55.0 Å². The Labute approximate surface area is 127 Å². The topological polar surface area (TPSA) is 50.9 Å². The van der Waals surface area contributed by atoms with E-state index in [1.807, 2.05) is 18.2 Å². The lowest BCUT2D eigenvalue weighted by molar-refractivity contribution is 0.253. The van der Waals surface area contributed by atoms with Gasteiger partial charge in [0.15, 0.2) is 0 Å². The van der Waals surface area contributed by atoms with Gasteiger partial charge < -0.3 is 11.1 Å². The summed E-state index contributed by atoms with van der Waals surface area (Å²) in [5, 5.41) is 4.78. The number of pyridine rings is 1. The van der Waals surface area contributed by atoms with E-state index in [1.54, 1.807) is 0 Å². The number of hydrogen-bond donors (Lipinski definition) is 2. The summed E-state index contributed by atoms with van der Waals surface area (Å²) in [5.41, 5.74) is 7.61. The summed E-state index contributed by atoms with van der Waals surface area (Å²) in [6.07, 6.45) is 5.28. The standard InChI is InChI=1S/C18H25N3/c1-12(2)15-5-3-4-6-17(15)21-18-10-7-13-11-14(19)8-9-16(13)20-18/h7-12,15,17H,3-6,19H2,1-2H3,(H,20,21). The highest BCUT2D eigenvalue weighted by Gasteiger charge is 2.27. The average Bonchev–Trinajstić information content (AvgIpc) is 2.48.